The van der Waals surface area contributed by atoms with Crippen molar-refractivity contribution in [2.24, 2.45) is 0 Å². The fourth-order valence-electron chi connectivity index (χ4n) is 2.95. The second-order valence-corrected chi connectivity index (χ2v) is 6.96. The van der Waals surface area contributed by atoms with Gasteiger partial charge in [-0.1, -0.05) is 0 Å². The van der Waals surface area contributed by atoms with E-state index in [1.807, 2.05) is 6.07 Å². The average molecular weight is 389 g/mol. The summed E-state index contributed by atoms with van der Waals surface area (Å²) in [7, 11) is 0. The standard InChI is InChI=1S/C19H18F3N5O/c1-10(19(28)24-17-7-16(25-26-17)11-2-3-11)13-8-23-27(9-13)15-5-12(18(21)22)4-14(20)6-15/h4-11,18H,2-3H2,1H3,(H2,24,25,26,28)/t10-/m0/s1. The van der Waals surface area contributed by atoms with Crippen molar-refractivity contribution in [3.05, 3.63) is 59.3 Å². The summed E-state index contributed by atoms with van der Waals surface area (Å²) in [5.74, 6) is -0.657. The Kier molecular flexibility index (Phi) is 4.66. The zero-order valence-corrected chi connectivity index (χ0v) is 15.0. The van der Waals surface area contributed by atoms with Gasteiger partial charge in [-0.25, -0.2) is 17.9 Å². The minimum atomic E-state index is -2.79. The van der Waals surface area contributed by atoms with Gasteiger partial charge in [-0.2, -0.15) is 10.2 Å². The third kappa shape index (κ3) is 3.78. The number of aromatic nitrogens is 4. The van der Waals surface area contributed by atoms with Gasteiger partial charge in [-0.3, -0.25) is 9.89 Å². The molecule has 2 N–H and O–H groups in total. The molecule has 9 heteroatoms. The van der Waals surface area contributed by atoms with E-state index in [-0.39, 0.29) is 11.6 Å². The molecule has 1 aliphatic rings. The van der Waals surface area contributed by atoms with Crippen molar-refractivity contribution in [1.29, 1.82) is 0 Å². The van der Waals surface area contributed by atoms with Gasteiger partial charge < -0.3 is 5.32 Å². The smallest absolute Gasteiger partial charge is 0.264 e. The number of hydrogen-bond acceptors (Lipinski definition) is 3. The van der Waals surface area contributed by atoms with E-state index in [0.717, 1.165) is 30.7 Å². The van der Waals surface area contributed by atoms with Gasteiger partial charge in [-0.15, -0.1) is 0 Å². The average Bonchev–Trinajstić information content (AvgIpc) is 3.21. The van der Waals surface area contributed by atoms with Crippen LogP contribution in [0, 0.1) is 5.82 Å². The number of H-pyrrole nitrogens is 1. The van der Waals surface area contributed by atoms with Crippen LogP contribution in [0.4, 0.5) is 19.0 Å². The fourth-order valence-corrected chi connectivity index (χ4v) is 2.95. The van der Waals surface area contributed by atoms with Crippen LogP contribution in [-0.2, 0) is 4.79 Å². The van der Waals surface area contributed by atoms with E-state index >= 15 is 0 Å². The highest BCUT2D eigenvalue weighted by molar-refractivity contribution is 5.94. The van der Waals surface area contributed by atoms with E-state index in [2.05, 4.69) is 20.6 Å². The highest BCUT2D eigenvalue weighted by Gasteiger charge is 2.26. The highest BCUT2D eigenvalue weighted by atomic mass is 19.3. The molecule has 1 fully saturated rings. The van der Waals surface area contributed by atoms with Crippen molar-refractivity contribution >= 4 is 11.7 Å². The zero-order valence-electron chi connectivity index (χ0n) is 15.0. The predicted octanol–water partition coefficient (Wildman–Crippen LogP) is 4.29. The van der Waals surface area contributed by atoms with Crippen LogP contribution in [0.3, 0.4) is 0 Å². The molecule has 0 bridgehead atoms. The topological polar surface area (TPSA) is 75.6 Å². The lowest BCUT2D eigenvalue weighted by atomic mass is 10.0. The summed E-state index contributed by atoms with van der Waals surface area (Å²) in [5.41, 5.74) is 1.31. The Hall–Kier alpha value is -3.10. The van der Waals surface area contributed by atoms with Gasteiger partial charge in [0.05, 0.1) is 17.8 Å². The van der Waals surface area contributed by atoms with Crippen LogP contribution in [0.5, 0.6) is 0 Å². The molecule has 146 valence electrons. The summed E-state index contributed by atoms with van der Waals surface area (Å²) >= 11 is 0. The predicted molar refractivity (Wildman–Crippen MR) is 96.1 cm³/mol. The second-order valence-electron chi connectivity index (χ2n) is 6.96. The van der Waals surface area contributed by atoms with E-state index < -0.39 is 23.7 Å². The molecule has 1 aliphatic carbocycles. The van der Waals surface area contributed by atoms with E-state index in [4.69, 9.17) is 0 Å². The molecular formula is C19H18F3N5O. The minimum absolute atomic E-state index is 0.163. The number of amides is 1. The molecule has 0 unspecified atom stereocenters. The number of rotatable bonds is 6. The molecular weight excluding hydrogens is 371 g/mol. The molecule has 1 saturated carbocycles. The number of anilines is 1. The number of carbonyl (C=O) groups excluding carboxylic acids is 1. The van der Waals surface area contributed by atoms with E-state index in [1.54, 1.807) is 6.92 Å². The molecule has 0 saturated heterocycles. The van der Waals surface area contributed by atoms with Gasteiger partial charge in [0.15, 0.2) is 5.82 Å². The number of carbonyl (C=O) groups is 1. The minimum Gasteiger partial charge on any atom is -0.309 e. The Labute approximate surface area is 158 Å². The van der Waals surface area contributed by atoms with E-state index in [9.17, 15) is 18.0 Å². The van der Waals surface area contributed by atoms with E-state index in [1.165, 1.54) is 23.1 Å². The lowest BCUT2D eigenvalue weighted by molar-refractivity contribution is -0.117. The largest absolute Gasteiger partial charge is 0.309 e. The Morgan fingerprint density at radius 3 is 2.75 bits per heavy atom. The van der Waals surface area contributed by atoms with Crippen molar-refractivity contribution < 1.29 is 18.0 Å². The van der Waals surface area contributed by atoms with Gasteiger partial charge >= 0.3 is 0 Å². The molecule has 2 aromatic heterocycles. The van der Waals surface area contributed by atoms with Crippen LogP contribution < -0.4 is 5.32 Å². The monoisotopic (exact) mass is 389 g/mol. The number of alkyl halides is 2. The van der Waals surface area contributed by atoms with Gasteiger partial charge in [0, 0.05) is 35.0 Å². The van der Waals surface area contributed by atoms with Crippen LogP contribution >= 0.6 is 0 Å². The number of benzene rings is 1. The van der Waals surface area contributed by atoms with Crippen LogP contribution in [-0.4, -0.2) is 25.9 Å². The maximum absolute atomic E-state index is 13.6. The maximum atomic E-state index is 13.6. The number of hydrogen-bond donors (Lipinski definition) is 2. The summed E-state index contributed by atoms with van der Waals surface area (Å²) in [5, 5.41) is 13.8. The van der Waals surface area contributed by atoms with Crippen molar-refractivity contribution in [2.45, 2.75) is 38.0 Å². The first kappa shape index (κ1) is 18.3. The molecule has 28 heavy (non-hydrogen) atoms. The summed E-state index contributed by atoms with van der Waals surface area (Å²) < 4.78 is 40.7. The first-order valence-electron chi connectivity index (χ1n) is 8.90. The maximum Gasteiger partial charge on any atom is 0.264 e. The van der Waals surface area contributed by atoms with Crippen molar-refractivity contribution in [3.8, 4) is 5.69 Å². The summed E-state index contributed by atoms with van der Waals surface area (Å²) in [6, 6.07) is 4.88. The number of halogens is 3. The summed E-state index contributed by atoms with van der Waals surface area (Å²) in [6.45, 7) is 1.70. The van der Waals surface area contributed by atoms with Crippen LogP contribution in [0.25, 0.3) is 5.69 Å². The Morgan fingerprint density at radius 2 is 2.04 bits per heavy atom. The van der Waals surface area contributed by atoms with Gasteiger partial charge in [0.1, 0.15) is 5.82 Å². The normalized spacial score (nSPS) is 15.0. The third-order valence-electron chi connectivity index (χ3n) is 4.78. The van der Waals surface area contributed by atoms with Gasteiger partial charge in [0.25, 0.3) is 6.43 Å². The van der Waals surface area contributed by atoms with Crippen LogP contribution in [0.15, 0.2) is 36.7 Å². The van der Waals surface area contributed by atoms with Crippen molar-refractivity contribution in [3.63, 3.8) is 0 Å². The SMILES string of the molecule is C[C@H](C(=O)Nc1cc(C2CC2)[nH]n1)c1cnn(-c2cc(F)cc(C(F)F)c2)c1. The van der Waals surface area contributed by atoms with Gasteiger partial charge in [0.2, 0.25) is 5.91 Å². The molecule has 6 nitrogen and oxygen atoms in total. The summed E-state index contributed by atoms with van der Waals surface area (Å²) in [4.78, 5) is 12.5. The Bertz CT molecular complexity index is 1010. The van der Waals surface area contributed by atoms with Crippen LogP contribution in [0.2, 0.25) is 0 Å². The third-order valence-corrected chi connectivity index (χ3v) is 4.78. The molecule has 2 heterocycles. The fraction of sp³-hybridized carbons (Fsp3) is 0.316. The first-order chi connectivity index (χ1) is 13.4. The number of aromatic amines is 1. The van der Waals surface area contributed by atoms with Gasteiger partial charge in [-0.05, 0) is 38.0 Å². The quantitative estimate of drug-likeness (QED) is 0.660. The Morgan fingerprint density at radius 1 is 1.25 bits per heavy atom. The highest BCUT2D eigenvalue weighted by Crippen LogP contribution is 2.39. The van der Waals surface area contributed by atoms with Crippen molar-refractivity contribution in [2.75, 3.05) is 5.32 Å². The second kappa shape index (κ2) is 7.14. The number of nitrogens with one attached hydrogen (secondary N) is 2. The zero-order chi connectivity index (χ0) is 19.8. The number of nitrogens with zero attached hydrogens (tertiary/aromatic N) is 3. The molecule has 3 aromatic rings. The van der Waals surface area contributed by atoms with Crippen molar-refractivity contribution in [1.82, 2.24) is 20.0 Å². The lowest BCUT2D eigenvalue weighted by Gasteiger charge is -2.09. The molecule has 1 amide bonds. The Balaban J connectivity index is 1.49. The molecule has 0 radical (unpaired) electrons. The first-order valence-corrected chi connectivity index (χ1v) is 8.90. The van der Waals surface area contributed by atoms with E-state index in [0.29, 0.717) is 17.3 Å². The molecule has 0 aliphatic heterocycles. The molecule has 1 aromatic carbocycles. The molecule has 4 rings (SSSR count). The summed E-state index contributed by atoms with van der Waals surface area (Å²) in [6.07, 6.45) is 2.44. The molecule has 1 atom stereocenters. The molecule has 0 spiro atoms. The van der Waals surface area contributed by atoms with Crippen LogP contribution in [0.1, 0.15) is 54.8 Å². The lowest BCUT2D eigenvalue weighted by Crippen LogP contribution is -2.18.